The molecule has 0 radical (unpaired) electrons. The number of rotatable bonds is 2. The number of amides is 2. The second-order valence-electron chi connectivity index (χ2n) is 3.18. The molecule has 1 aromatic rings. The van der Waals surface area contributed by atoms with Gasteiger partial charge in [-0.25, -0.2) is 8.42 Å². The SMILES string of the molecule is O=C1CN(S(=O)(=O)c2cccs2)CC(=O)N1. The van der Waals surface area contributed by atoms with Gasteiger partial charge in [0, 0.05) is 0 Å². The van der Waals surface area contributed by atoms with Crippen molar-refractivity contribution in [1.29, 1.82) is 0 Å². The van der Waals surface area contributed by atoms with Crippen LogP contribution in [0, 0.1) is 0 Å². The summed E-state index contributed by atoms with van der Waals surface area (Å²) in [6.45, 7) is -0.627. The summed E-state index contributed by atoms with van der Waals surface area (Å²) in [6.07, 6.45) is 0. The molecule has 0 bridgehead atoms. The summed E-state index contributed by atoms with van der Waals surface area (Å²) in [6, 6.07) is 3.04. The minimum atomic E-state index is -3.71. The van der Waals surface area contributed by atoms with Crippen molar-refractivity contribution < 1.29 is 18.0 Å². The van der Waals surface area contributed by atoms with E-state index < -0.39 is 21.8 Å². The van der Waals surface area contributed by atoms with Crippen LogP contribution in [0.15, 0.2) is 21.7 Å². The summed E-state index contributed by atoms with van der Waals surface area (Å²) < 4.78 is 24.9. The zero-order valence-electron chi connectivity index (χ0n) is 8.04. The number of hydrogen-bond donors (Lipinski definition) is 1. The molecule has 8 heteroatoms. The molecule has 2 heterocycles. The third kappa shape index (κ3) is 1.99. The molecule has 1 saturated heterocycles. The van der Waals surface area contributed by atoms with Crippen molar-refractivity contribution >= 4 is 33.2 Å². The molecule has 1 aromatic heterocycles. The van der Waals surface area contributed by atoms with Crippen LogP contribution >= 0.6 is 11.3 Å². The minimum Gasteiger partial charge on any atom is -0.294 e. The van der Waals surface area contributed by atoms with E-state index in [2.05, 4.69) is 0 Å². The van der Waals surface area contributed by atoms with E-state index in [0.717, 1.165) is 15.6 Å². The Bertz CT molecular complexity index is 504. The fourth-order valence-corrected chi connectivity index (χ4v) is 3.82. The molecule has 1 aliphatic heterocycles. The molecule has 16 heavy (non-hydrogen) atoms. The lowest BCUT2D eigenvalue weighted by molar-refractivity contribution is -0.134. The maximum atomic E-state index is 11.9. The van der Waals surface area contributed by atoms with E-state index in [1.54, 1.807) is 11.4 Å². The van der Waals surface area contributed by atoms with Crippen molar-refractivity contribution in [3.8, 4) is 0 Å². The molecule has 0 aliphatic carbocycles. The third-order valence-electron chi connectivity index (χ3n) is 2.01. The van der Waals surface area contributed by atoms with Gasteiger partial charge in [0.25, 0.3) is 10.0 Å². The molecule has 6 nitrogen and oxygen atoms in total. The van der Waals surface area contributed by atoms with Crippen LogP contribution in [0.3, 0.4) is 0 Å². The summed E-state index contributed by atoms with van der Waals surface area (Å²) in [5, 5.41) is 3.67. The Kier molecular flexibility index (Phi) is 2.78. The van der Waals surface area contributed by atoms with Crippen molar-refractivity contribution in [1.82, 2.24) is 9.62 Å². The first-order chi connectivity index (χ1) is 7.50. The van der Waals surface area contributed by atoms with E-state index in [4.69, 9.17) is 0 Å². The van der Waals surface area contributed by atoms with Crippen LogP contribution in [-0.2, 0) is 19.6 Å². The molecule has 0 atom stereocenters. The topological polar surface area (TPSA) is 83.6 Å². The van der Waals surface area contributed by atoms with E-state index in [1.165, 1.54) is 6.07 Å². The fraction of sp³-hybridized carbons (Fsp3) is 0.250. The summed E-state index contributed by atoms with van der Waals surface area (Å²) in [7, 11) is -3.71. The van der Waals surface area contributed by atoms with Crippen LogP contribution in [0.25, 0.3) is 0 Å². The largest absolute Gasteiger partial charge is 0.294 e. The van der Waals surface area contributed by atoms with Crippen molar-refractivity contribution in [2.75, 3.05) is 13.1 Å². The van der Waals surface area contributed by atoms with Gasteiger partial charge in [-0.1, -0.05) is 6.07 Å². The fourth-order valence-electron chi connectivity index (χ4n) is 1.32. The molecule has 2 amide bonds. The average Bonchev–Trinajstić information content (AvgIpc) is 2.69. The molecule has 1 N–H and O–H groups in total. The first-order valence-electron chi connectivity index (χ1n) is 4.36. The molecule has 0 unspecified atom stereocenters. The third-order valence-corrected chi connectivity index (χ3v) is 5.17. The number of nitrogens with zero attached hydrogens (tertiary/aromatic N) is 1. The lowest BCUT2D eigenvalue weighted by Crippen LogP contribution is -2.53. The summed E-state index contributed by atoms with van der Waals surface area (Å²) in [5.41, 5.74) is 0. The van der Waals surface area contributed by atoms with Crippen LogP contribution in [0.2, 0.25) is 0 Å². The van der Waals surface area contributed by atoms with Crippen molar-refractivity contribution in [3.63, 3.8) is 0 Å². The van der Waals surface area contributed by atoms with Gasteiger partial charge in [0.05, 0.1) is 13.1 Å². The lowest BCUT2D eigenvalue weighted by atomic mass is 10.4. The van der Waals surface area contributed by atoms with E-state index in [1.807, 2.05) is 5.32 Å². The number of piperazine rings is 1. The molecule has 2 rings (SSSR count). The van der Waals surface area contributed by atoms with Crippen molar-refractivity contribution in [2.45, 2.75) is 4.21 Å². The number of hydrogen-bond acceptors (Lipinski definition) is 5. The highest BCUT2D eigenvalue weighted by atomic mass is 32.2. The number of sulfonamides is 1. The Morgan fingerprint density at radius 1 is 1.25 bits per heavy atom. The molecule has 86 valence electrons. The highest BCUT2D eigenvalue weighted by Crippen LogP contribution is 2.21. The minimum absolute atomic E-state index is 0.134. The van der Waals surface area contributed by atoms with E-state index in [9.17, 15) is 18.0 Å². The Morgan fingerprint density at radius 2 is 1.88 bits per heavy atom. The Balaban J connectivity index is 2.31. The van der Waals surface area contributed by atoms with Crippen LogP contribution in [0.5, 0.6) is 0 Å². The summed E-state index contributed by atoms with van der Waals surface area (Å²) in [4.78, 5) is 22.1. The zero-order chi connectivity index (χ0) is 11.8. The van der Waals surface area contributed by atoms with E-state index in [-0.39, 0.29) is 17.3 Å². The van der Waals surface area contributed by atoms with E-state index in [0.29, 0.717) is 0 Å². The number of thiophene rings is 1. The van der Waals surface area contributed by atoms with Crippen LogP contribution < -0.4 is 5.32 Å². The van der Waals surface area contributed by atoms with Crippen molar-refractivity contribution in [3.05, 3.63) is 17.5 Å². The number of carbonyl (C=O) groups is 2. The van der Waals surface area contributed by atoms with E-state index >= 15 is 0 Å². The zero-order valence-corrected chi connectivity index (χ0v) is 9.68. The molecule has 1 fully saturated rings. The smallest absolute Gasteiger partial charge is 0.253 e. The lowest BCUT2D eigenvalue weighted by Gasteiger charge is -2.23. The first kappa shape index (κ1) is 11.2. The maximum absolute atomic E-state index is 11.9. The Morgan fingerprint density at radius 3 is 2.38 bits per heavy atom. The summed E-state index contributed by atoms with van der Waals surface area (Å²) in [5.74, 6) is -1.20. The molecule has 0 aromatic carbocycles. The normalized spacial score (nSPS) is 18.5. The number of imide groups is 1. The highest BCUT2D eigenvalue weighted by Gasteiger charge is 2.33. The summed E-state index contributed by atoms with van der Waals surface area (Å²) >= 11 is 1.05. The average molecular weight is 260 g/mol. The van der Waals surface area contributed by atoms with Crippen LogP contribution in [0.1, 0.15) is 0 Å². The monoisotopic (exact) mass is 260 g/mol. The predicted octanol–water partition coefficient (Wildman–Crippen LogP) is -0.605. The van der Waals surface area contributed by atoms with Gasteiger partial charge in [-0.3, -0.25) is 14.9 Å². The number of nitrogens with one attached hydrogen (secondary N) is 1. The van der Waals surface area contributed by atoms with Gasteiger partial charge < -0.3 is 0 Å². The molecule has 1 aliphatic rings. The van der Waals surface area contributed by atoms with Gasteiger partial charge in [0.15, 0.2) is 0 Å². The van der Waals surface area contributed by atoms with Gasteiger partial charge in [-0.15, -0.1) is 11.3 Å². The Hall–Kier alpha value is -1.25. The standard InChI is InChI=1S/C8H8N2O4S2/c11-6-4-10(5-7(12)9-6)16(13,14)8-2-1-3-15-8/h1-3H,4-5H2,(H,9,11,12). The highest BCUT2D eigenvalue weighted by molar-refractivity contribution is 7.91. The second kappa shape index (κ2) is 3.96. The molecular weight excluding hydrogens is 252 g/mol. The maximum Gasteiger partial charge on any atom is 0.253 e. The Labute approximate surface area is 95.9 Å². The molecule has 0 spiro atoms. The van der Waals surface area contributed by atoms with Gasteiger partial charge >= 0.3 is 0 Å². The first-order valence-corrected chi connectivity index (χ1v) is 6.68. The second-order valence-corrected chi connectivity index (χ2v) is 6.29. The van der Waals surface area contributed by atoms with Gasteiger partial charge in [0.1, 0.15) is 4.21 Å². The van der Waals surface area contributed by atoms with Gasteiger partial charge in [0.2, 0.25) is 11.8 Å². The van der Waals surface area contributed by atoms with Crippen LogP contribution in [0.4, 0.5) is 0 Å². The number of carbonyl (C=O) groups excluding carboxylic acids is 2. The predicted molar refractivity (Wildman–Crippen MR) is 56.2 cm³/mol. The molecule has 0 saturated carbocycles. The molecular formula is C8H8N2O4S2. The van der Waals surface area contributed by atoms with Gasteiger partial charge in [-0.05, 0) is 11.4 Å². The van der Waals surface area contributed by atoms with Gasteiger partial charge in [-0.2, -0.15) is 4.31 Å². The quantitative estimate of drug-likeness (QED) is 0.719. The van der Waals surface area contributed by atoms with Crippen molar-refractivity contribution in [2.24, 2.45) is 0 Å². The van der Waals surface area contributed by atoms with Crippen LogP contribution in [-0.4, -0.2) is 37.6 Å².